The molecule has 0 heterocycles. The highest BCUT2D eigenvalue weighted by Gasteiger charge is 2.22. The van der Waals surface area contributed by atoms with E-state index in [4.69, 9.17) is 0 Å². The number of nitro groups is 1. The first-order chi connectivity index (χ1) is 11.6. The monoisotopic (exact) mass is 362 g/mol. The smallest absolute Gasteiger partial charge is 0.288 e. The lowest BCUT2D eigenvalue weighted by atomic mass is 10.00. The zero-order chi connectivity index (χ0) is 18.8. The molecule has 1 N–H and O–H groups in total. The first kappa shape index (κ1) is 18.9. The standard InChI is InChI=1S/C18H22N2O4S/c1-12-5-6-15(13(2)9-12)10-14(3)19-16-7-8-17(20(21)22)18(11-16)25(4,23)24/h5-9,11,14,19H,10H2,1-4H3. The Bertz CT molecular complexity index is 907. The Morgan fingerprint density at radius 3 is 2.40 bits per heavy atom. The van der Waals surface area contributed by atoms with Crippen molar-refractivity contribution in [3.8, 4) is 0 Å². The molecule has 0 radical (unpaired) electrons. The summed E-state index contributed by atoms with van der Waals surface area (Å²) in [6.07, 6.45) is 1.73. The molecule has 0 saturated carbocycles. The topological polar surface area (TPSA) is 89.3 Å². The number of sulfone groups is 1. The van der Waals surface area contributed by atoms with Crippen LogP contribution in [0.25, 0.3) is 0 Å². The van der Waals surface area contributed by atoms with Crippen molar-refractivity contribution >= 4 is 21.2 Å². The van der Waals surface area contributed by atoms with E-state index in [2.05, 4.69) is 30.4 Å². The summed E-state index contributed by atoms with van der Waals surface area (Å²) in [5, 5.41) is 14.3. The zero-order valence-corrected chi connectivity index (χ0v) is 15.6. The molecule has 0 fully saturated rings. The van der Waals surface area contributed by atoms with Gasteiger partial charge in [0.05, 0.1) is 4.92 Å². The van der Waals surface area contributed by atoms with Gasteiger partial charge in [-0.2, -0.15) is 0 Å². The van der Waals surface area contributed by atoms with Crippen LogP contribution in [0.5, 0.6) is 0 Å². The summed E-state index contributed by atoms with van der Waals surface area (Å²) in [6, 6.07) is 10.4. The van der Waals surface area contributed by atoms with Crippen molar-refractivity contribution < 1.29 is 13.3 Å². The molecule has 1 unspecified atom stereocenters. The normalized spacial score (nSPS) is 12.6. The Morgan fingerprint density at radius 2 is 1.84 bits per heavy atom. The second-order valence-corrected chi connectivity index (χ2v) is 8.38. The van der Waals surface area contributed by atoms with Gasteiger partial charge in [-0.1, -0.05) is 23.8 Å². The van der Waals surface area contributed by atoms with Gasteiger partial charge in [0.15, 0.2) is 9.84 Å². The molecular formula is C18H22N2O4S. The molecule has 0 spiro atoms. The van der Waals surface area contributed by atoms with E-state index in [0.717, 1.165) is 12.7 Å². The SMILES string of the molecule is Cc1ccc(CC(C)Nc2ccc([N+](=O)[O-])c(S(C)(=O)=O)c2)c(C)c1. The van der Waals surface area contributed by atoms with E-state index in [0.29, 0.717) is 5.69 Å². The van der Waals surface area contributed by atoms with Gasteiger partial charge in [-0.15, -0.1) is 0 Å². The molecule has 2 aromatic carbocycles. The largest absolute Gasteiger partial charge is 0.382 e. The fourth-order valence-electron chi connectivity index (χ4n) is 2.79. The lowest BCUT2D eigenvalue weighted by molar-refractivity contribution is -0.387. The highest BCUT2D eigenvalue weighted by Crippen LogP contribution is 2.27. The zero-order valence-electron chi connectivity index (χ0n) is 14.7. The van der Waals surface area contributed by atoms with Gasteiger partial charge < -0.3 is 5.32 Å². The van der Waals surface area contributed by atoms with E-state index in [1.165, 1.54) is 34.9 Å². The number of anilines is 1. The average Bonchev–Trinajstić information content (AvgIpc) is 2.49. The van der Waals surface area contributed by atoms with Gasteiger partial charge in [0.25, 0.3) is 5.69 Å². The molecule has 1 atom stereocenters. The van der Waals surface area contributed by atoms with Crippen molar-refractivity contribution in [3.63, 3.8) is 0 Å². The quantitative estimate of drug-likeness (QED) is 0.626. The van der Waals surface area contributed by atoms with Crippen LogP contribution in [0.3, 0.4) is 0 Å². The molecule has 0 amide bonds. The number of benzene rings is 2. The van der Waals surface area contributed by atoms with Crippen molar-refractivity contribution in [2.24, 2.45) is 0 Å². The highest BCUT2D eigenvalue weighted by atomic mass is 32.2. The highest BCUT2D eigenvalue weighted by molar-refractivity contribution is 7.90. The molecule has 0 bridgehead atoms. The molecule has 0 aliphatic carbocycles. The number of nitro benzene ring substituents is 1. The lowest BCUT2D eigenvalue weighted by Gasteiger charge is -2.17. The van der Waals surface area contributed by atoms with Crippen molar-refractivity contribution in [2.75, 3.05) is 11.6 Å². The Hall–Kier alpha value is -2.41. The number of aryl methyl sites for hydroxylation is 2. The fraction of sp³-hybridized carbons (Fsp3) is 0.333. The van der Waals surface area contributed by atoms with Crippen LogP contribution in [0.4, 0.5) is 11.4 Å². The maximum Gasteiger partial charge on any atom is 0.288 e. The van der Waals surface area contributed by atoms with E-state index in [9.17, 15) is 18.5 Å². The lowest BCUT2D eigenvalue weighted by Crippen LogP contribution is -2.19. The Balaban J connectivity index is 2.23. The Kier molecular flexibility index (Phi) is 5.47. The molecule has 6 nitrogen and oxygen atoms in total. The molecule has 0 saturated heterocycles. The third-order valence-corrected chi connectivity index (χ3v) is 5.12. The minimum absolute atomic E-state index is 0.0373. The summed E-state index contributed by atoms with van der Waals surface area (Å²) < 4.78 is 23.7. The van der Waals surface area contributed by atoms with Gasteiger partial charge >= 0.3 is 0 Å². The van der Waals surface area contributed by atoms with E-state index in [1.54, 1.807) is 0 Å². The Labute approximate surface area is 148 Å². The van der Waals surface area contributed by atoms with Gasteiger partial charge in [0.2, 0.25) is 0 Å². The number of nitrogens with one attached hydrogen (secondary N) is 1. The third kappa shape index (κ3) is 4.79. The first-order valence-electron chi connectivity index (χ1n) is 7.89. The molecule has 0 aliphatic heterocycles. The van der Waals surface area contributed by atoms with E-state index >= 15 is 0 Å². The summed E-state index contributed by atoms with van der Waals surface area (Å²) in [5.74, 6) is 0. The van der Waals surface area contributed by atoms with Gasteiger partial charge in [0.1, 0.15) is 4.90 Å². The summed E-state index contributed by atoms with van der Waals surface area (Å²) in [5.41, 5.74) is 3.75. The van der Waals surface area contributed by atoms with Gasteiger partial charge in [-0.25, -0.2) is 8.42 Å². The van der Waals surface area contributed by atoms with Crippen molar-refractivity contribution in [1.29, 1.82) is 0 Å². The van der Waals surface area contributed by atoms with E-state index in [1.807, 2.05) is 13.8 Å². The van der Waals surface area contributed by atoms with Crippen LogP contribution in [-0.2, 0) is 16.3 Å². The molecule has 0 aromatic heterocycles. The molecule has 25 heavy (non-hydrogen) atoms. The summed E-state index contributed by atoms with van der Waals surface area (Å²) in [6.45, 7) is 6.09. The van der Waals surface area contributed by atoms with Crippen LogP contribution in [0.15, 0.2) is 41.3 Å². The van der Waals surface area contributed by atoms with Gasteiger partial charge in [-0.3, -0.25) is 10.1 Å². The van der Waals surface area contributed by atoms with E-state index in [-0.39, 0.29) is 10.9 Å². The Morgan fingerprint density at radius 1 is 1.16 bits per heavy atom. The van der Waals surface area contributed by atoms with Crippen LogP contribution in [-0.4, -0.2) is 25.6 Å². The maximum atomic E-state index is 11.8. The van der Waals surface area contributed by atoms with Crippen LogP contribution >= 0.6 is 0 Å². The number of nitrogens with zero attached hydrogens (tertiary/aromatic N) is 1. The molecule has 2 rings (SSSR count). The number of hydrogen-bond donors (Lipinski definition) is 1. The predicted molar refractivity (Wildman–Crippen MR) is 98.9 cm³/mol. The van der Waals surface area contributed by atoms with Crippen LogP contribution in [0.2, 0.25) is 0 Å². The summed E-state index contributed by atoms with van der Waals surface area (Å²) in [4.78, 5) is 10.1. The second kappa shape index (κ2) is 7.23. The fourth-order valence-corrected chi connectivity index (χ4v) is 3.66. The van der Waals surface area contributed by atoms with Gasteiger partial charge in [-0.05, 0) is 50.5 Å². The molecule has 0 aliphatic rings. The molecular weight excluding hydrogens is 340 g/mol. The van der Waals surface area contributed by atoms with Gasteiger partial charge in [0, 0.05) is 24.1 Å². The van der Waals surface area contributed by atoms with Crippen LogP contribution < -0.4 is 5.32 Å². The second-order valence-electron chi connectivity index (χ2n) is 6.39. The summed E-state index contributed by atoms with van der Waals surface area (Å²) >= 11 is 0. The first-order valence-corrected chi connectivity index (χ1v) is 9.78. The van der Waals surface area contributed by atoms with Crippen LogP contribution in [0.1, 0.15) is 23.6 Å². The minimum Gasteiger partial charge on any atom is -0.382 e. The van der Waals surface area contributed by atoms with Crippen LogP contribution in [0, 0.1) is 24.0 Å². The summed E-state index contributed by atoms with van der Waals surface area (Å²) in [7, 11) is -3.69. The number of rotatable bonds is 6. The van der Waals surface area contributed by atoms with Crippen molar-refractivity contribution in [1.82, 2.24) is 0 Å². The molecule has 7 heteroatoms. The van der Waals surface area contributed by atoms with Crippen molar-refractivity contribution in [3.05, 3.63) is 63.2 Å². The van der Waals surface area contributed by atoms with E-state index < -0.39 is 20.4 Å². The molecule has 134 valence electrons. The predicted octanol–water partition coefficient (Wildman–Crippen LogP) is 3.66. The average molecular weight is 362 g/mol. The maximum absolute atomic E-state index is 11.8. The van der Waals surface area contributed by atoms with Crippen molar-refractivity contribution in [2.45, 2.75) is 38.1 Å². The third-order valence-electron chi connectivity index (χ3n) is 3.99. The minimum atomic E-state index is -3.69. The molecule has 2 aromatic rings. The number of hydrogen-bond acceptors (Lipinski definition) is 5.